The number of likely N-dealkylation sites (tertiary alicyclic amines) is 1. The number of rotatable bonds is 4. The number of nitrogen functional groups attached to an aromatic ring is 1. The Morgan fingerprint density at radius 1 is 1.33 bits per heavy atom. The van der Waals surface area contributed by atoms with Crippen molar-refractivity contribution >= 4 is 5.69 Å². The molecule has 0 saturated carbocycles. The van der Waals surface area contributed by atoms with Gasteiger partial charge in [0.1, 0.15) is 0 Å². The van der Waals surface area contributed by atoms with Crippen LogP contribution >= 0.6 is 0 Å². The van der Waals surface area contributed by atoms with Crippen LogP contribution in [0.2, 0.25) is 0 Å². The van der Waals surface area contributed by atoms with Crippen molar-refractivity contribution in [2.75, 3.05) is 39.5 Å². The molecular formula is C15H25N3. The maximum atomic E-state index is 5.70. The van der Waals surface area contributed by atoms with E-state index in [0.29, 0.717) is 0 Å². The Morgan fingerprint density at radius 3 is 2.72 bits per heavy atom. The van der Waals surface area contributed by atoms with Gasteiger partial charge < -0.3 is 15.5 Å². The topological polar surface area (TPSA) is 32.5 Å². The third-order valence-electron chi connectivity index (χ3n) is 3.96. The molecule has 1 aliphatic heterocycles. The van der Waals surface area contributed by atoms with Crippen LogP contribution in [-0.2, 0) is 6.42 Å². The molecule has 100 valence electrons. The minimum Gasteiger partial charge on any atom is -0.399 e. The SMILES string of the molecule is CN1CCCC(N(C)CCc2ccc(N)cc2)C1. The van der Waals surface area contributed by atoms with E-state index < -0.39 is 0 Å². The minimum atomic E-state index is 0.720. The van der Waals surface area contributed by atoms with Crippen LogP contribution < -0.4 is 5.73 Å². The highest BCUT2D eigenvalue weighted by atomic mass is 15.2. The van der Waals surface area contributed by atoms with Gasteiger partial charge in [-0.05, 0) is 57.6 Å². The van der Waals surface area contributed by atoms with Gasteiger partial charge in [-0.25, -0.2) is 0 Å². The molecule has 1 aromatic carbocycles. The van der Waals surface area contributed by atoms with Gasteiger partial charge in [-0.3, -0.25) is 0 Å². The van der Waals surface area contributed by atoms with Gasteiger partial charge in [0, 0.05) is 24.8 Å². The molecule has 0 spiro atoms. The number of piperidine rings is 1. The van der Waals surface area contributed by atoms with Gasteiger partial charge in [-0.2, -0.15) is 0 Å². The first-order valence-corrected chi connectivity index (χ1v) is 6.88. The number of benzene rings is 1. The van der Waals surface area contributed by atoms with Gasteiger partial charge in [0.05, 0.1) is 0 Å². The zero-order chi connectivity index (χ0) is 13.0. The number of likely N-dealkylation sites (N-methyl/N-ethyl adjacent to an activating group) is 2. The molecule has 1 aromatic rings. The first-order chi connectivity index (χ1) is 8.65. The smallest absolute Gasteiger partial charge is 0.0314 e. The molecule has 3 heteroatoms. The summed E-state index contributed by atoms with van der Waals surface area (Å²) in [6, 6.07) is 8.97. The third kappa shape index (κ3) is 3.72. The first-order valence-electron chi connectivity index (χ1n) is 6.88. The maximum Gasteiger partial charge on any atom is 0.0314 e. The Bertz CT molecular complexity index is 361. The van der Waals surface area contributed by atoms with E-state index in [1.54, 1.807) is 0 Å². The Hall–Kier alpha value is -1.06. The zero-order valence-corrected chi connectivity index (χ0v) is 11.6. The Labute approximate surface area is 111 Å². The van der Waals surface area contributed by atoms with E-state index in [9.17, 15) is 0 Å². The number of hydrogen-bond acceptors (Lipinski definition) is 3. The molecule has 18 heavy (non-hydrogen) atoms. The van der Waals surface area contributed by atoms with E-state index in [1.165, 1.54) is 31.5 Å². The van der Waals surface area contributed by atoms with Crippen LogP contribution in [0.15, 0.2) is 24.3 Å². The van der Waals surface area contributed by atoms with Crippen molar-refractivity contribution in [3.05, 3.63) is 29.8 Å². The van der Waals surface area contributed by atoms with Gasteiger partial charge in [-0.15, -0.1) is 0 Å². The molecule has 1 saturated heterocycles. The highest BCUT2D eigenvalue weighted by molar-refractivity contribution is 5.39. The van der Waals surface area contributed by atoms with Gasteiger partial charge in [-0.1, -0.05) is 12.1 Å². The molecular weight excluding hydrogens is 222 g/mol. The van der Waals surface area contributed by atoms with E-state index in [4.69, 9.17) is 5.73 Å². The van der Waals surface area contributed by atoms with Gasteiger partial charge in [0.15, 0.2) is 0 Å². The standard InChI is InChI=1S/C15H25N3/c1-17-10-3-4-15(12-17)18(2)11-9-13-5-7-14(16)8-6-13/h5-8,15H,3-4,9-12,16H2,1-2H3. The summed E-state index contributed by atoms with van der Waals surface area (Å²) in [6.45, 7) is 3.59. The van der Waals surface area contributed by atoms with Crippen molar-refractivity contribution in [3.8, 4) is 0 Å². The van der Waals surface area contributed by atoms with Gasteiger partial charge in [0.2, 0.25) is 0 Å². The van der Waals surface area contributed by atoms with Gasteiger partial charge in [0.25, 0.3) is 0 Å². The summed E-state index contributed by atoms with van der Waals surface area (Å²) in [4.78, 5) is 4.94. The van der Waals surface area contributed by atoms with Crippen molar-refractivity contribution in [3.63, 3.8) is 0 Å². The molecule has 2 N–H and O–H groups in total. The van der Waals surface area contributed by atoms with Crippen LogP contribution in [0.5, 0.6) is 0 Å². The predicted octanol–water partition coefficient (Wildman–Crippen LogP) is 1.84. The summed E-state index contributed by atoms with van der Waals surface area (Å²) < 4.78 is 0. The molecule has 1 heterocycles. The molecule has 1 unspecified atom stereocenters. The molecule has 3 nitrogen and oxygen atoms in total. The van der Waals surface area contributed by atoms with Crippen LogP contribution in [0.4, 0.5) is 5.69 Å². The summed E-state index contributed by atoms with van der Waals surface area (Å²) in [5, 5.41) is 0. The molecule has 0 amide bonds. The summed E-state index contributed by atoms with van der Waals surface area (Å²) in [6.07, 6.45) is 3.77. The average molecular weight is 247 g/mol. The fourth-order valence-electron chi connectivity index (χ4n) is 2.67. The van der Waals surface area contributed by atoms with Crippen molar-refractivity contribution in [2.24, 2.45) is 0 Å². The lowest BCUT2D eigenvalue weighted by Crippen LogP contribution is -2.45. The molecule has 1 atom stereocenters. The van der Waals surface area contributed by atoms with Gasteiger partial charge >= 0.3 is 0 Å². The molecule has 2 rings (SSSR count). The molecule has 0 bridgehead atoms. The molecule has 0 radical (unpaired) electrons. The van der Waals surface area contributed by atoms with Crippen molar-refractivity contribution in [1.82, 2.24) is 9.80 Å². The number of nitrogens with two attached hydrogens (primary N) is 1. The quantitative estimate of drug-likeness (QED) is 0.824. The second-order valence-electron chi connectivity index (χ2n) is 5.53. The minimum absolute atomic E-state index is 0.720. The van der Waals surface area contributed by atoms with Crippen LogP contribution in [0.1, 0.15) is 18.4 Å². The normalized spacial score (nSPS) is 21.4. The highest BCUT2D eigenvalue weighted by Crippen LogP contribution is 2.14. The maximum absolute atomic E-state index is 5.70. The lowest BCUT2D eigenvalue weighted by molar-refractivity contribution is 0.135. The third-order valence-corrected chi connectivity index (χ3v) is 3.96. The van der Waals surface area contributed by atoms with Crippen molar-refractivity contribution in [2.45, 2.75) is 25.3 Å². The van der Waals surface area contributed by atoms with E-state index in [0.717, 1.165) is 24.7 Å². The summed E-state index contributed by atoms with van der Waals surface area (Å²) in [7, 11) is 4.47. The lowest BCUT2D eigenvalue weighted by atomic mass is 10.0. The van der Waals surface area contributed by atoms with Crippen LogP contribution in [0, 0.1) is 0 Å². The fraction of sp³-hybridized carbons (Fsp3) is 0.600. The summed E-state index contributed by atoms with van der Waals surface area (Å²) in [5.41, 5.74) is 7.92. The molecule has 0 aromatic heterocycles. The molecule has 1 aliphatic rings. The number of anilines is 1. The average Bonchev–Trinajstić information content (AvgIpc) is 2.38. The second kappa shape index (κ2) is 6.21. The Morgan fingerprint density at radius 2 is 2.06 bits per heavy atom. The van der Waals surface area contributed by atoms with E-state index in [2.05, 4.69) is 36.0 Å². The zero-order valence-electron chi connectivity index (χ0n) is 11.6. The monoisotopic (exact) mass is 247 g/mol. The largest absolute Gasteiger partial charge is 0.399 e. The highest BCUT2D eigenvalue weighted by Gasteiger charge is 2.20. The van der Waals surface area contributed by atoms with E-state index in [-0.39, 0.29) is 0 Å². The van der Waals surface area contributed by atoms with Crippen molar-refractivity contribution < 1.29 is 0 Å². The van der Waals surface area contributed by atoms with Crippen LogP contribution in [-0.4, -0.2) is 49.6 Å². The van der Waals surface area contributed by atoms with Crippen molar-refractivity contribution in [1.29, 1.82) is 0 Å². The second-order valence-corrected chi connectivity index (χ2v) is 5.53. The first kappa shape index (κ1) is 13.4. The van der Waals surface area contributed by atoms with Crippen LogP contribution in [0.3, 0.4) is 0 Å². The molecule has 0 aliphatic carbocycles. The summed E-state index contributed by atoms with van der Waals surface area (Å²) in [5.74, 6) is 0. The van der Waals surface area contributed by atoms with E-state index in [1.807, 2.05) is 12.1 Å². The number of nitrogens with zero attached hydrogens (tertiary/aromatic N) is 2. The van der Waals surface area contributed by atoms with Crippen LogP contribution in [0.25, 0.3) is 0 Å². The lowest BCUT2D eigenvalue weighted by Gasteiger charge is -2.35. The van der Waals surface area contributed by atoms with E-state index >= 15 is 0 Å². The Balaban J connectivity index is 1.80. The summed E-state index contributed by atoms with van der Waals surface area (Å²) >= 11 is 0. The predicted molar refractivity (Wildman–Crippen MR) is 77.7 cm³/mol. The molecule has 1 fully saturated rings. The Kier molecular flexibility index (Phi) is 4.61. The number of hydrogen-bond donors (Lipinski definition) is 1. The fourth-order valence-corrected chi connectivity index (χ4v) is 2.67.